The average molecular weight is 454 g/mol. The molecule has 0 saturated heterocycles. The molecule has 1 nitrogen and oxygen atoms in total. The molecule has 0 bridgehead atoms. The maximum atomic E-state index is 14.5. The maximum Gasteiger partial charge on any atom is 0.426 e. The van der Waals surface area contributed by atoms with Gasteiger partial charge in [0.25, 0.3) is 0 Å². The summed E-state index contributed by atoms with van der Waals surface area (Å²) in [4.78, 5) is 0. The predicted octanol–water partition coefficient (Wildman–Crippen LogP) is 7.95. The molecule has 0 N–H and O–H groups in total. The van der Waals surface area contributed by atoms with Crippen LogP contribution in [0, 0.1) is 17.5 Å². The first-order valence-electron chi connectivity index (χ1n) is 9.59. The Kier molecular flexibility index (Phi) is 6.91. The summed E-state index contributed by atoms with van der Waals surface area (Å²) in [7, 11) is 0. The summed E-state index contributed by atoms with van der Waals surface area (Å²) in [5.74, 6) is -8.56. The molecule has 3 aromatic rings. The summed E-state index contributed by atoms with van der Waals surface area (Å²) in [6, 6.07) is 10.1. The Morgan fingerprint density at radius 2 is 1.25 bits per heavy atom. The number of hydrogen-bond donors (Lipinski definition) is 0. The van der Waals surface area contributed by atoms with E-state index in [9.17, 15) is 30.7 Å². The van der Waals surface area contributed by atoms with Crippen molar-refractivity contribution < 1.29 is 35.5 Å². The van der Waals surface area contributed by atoms with Gasteiger partial charge >= 0.3 is 6.11 Å². The highest BCUT2D eigenvalue weighted by Gasteiger charge is 2.35. The minimum atomic E-state index is -4.08. The van der Waals surface area contributed by atoms with E-state index in [1.165, 1.54) is 12.1 Å². The highest BCUT2D eigenvalue weighted by atomic mass is 19.3. The lowest BCUT2D eigenvalue weighted by Gasteiger charge is -2.18. The van der Waals surface area contributed by atoms with Crippen molar-refractivity contribution in [2.45, 2.75) is 25.9 Å². The molecule has 0 spiro atoms. The van der Waals surface area contributed by atoms with Crippen molar-refractivity contribution in [3.8, 4) is 5.75 Å². The number of rotatable bonds is 7. The molecule has 0 aliphatic carbocycles. The smallest absolute Gasteiger partial charge is 0.426 e. The topological polar surface area (TPSA) is 9.23 Å². The van der Waals surface area contributed by atoms with Crippen molar-refractivity contribution >= 4 is 11.7 Å². The molecular weight excluding hydrogens is 437 g/mol. The third kappa shape index (κ3) is 5.12. The molecule has 8 heteroatoms. The molecule has 0 atom stereocenters. The van der Waals surface area contributed by atoms with Crippen molar-refractivity contribution in [1.82, 2.24) is 0 Å². The van der Waals surface area contributed by atoms with Gasteiger partial charge in [-0.1, -0.05) is 49.7 Å². The van der Waals surface area contributed by atoms with Gasteiger partial charge in [0, 0.05) is 23.3 Å². The van der Waals surface area contributed by atoms with Crippen LogP contribution in [0.15, 0.2) is 60.7 Å². The average Bonchev–Trinajstić information content (AvgIpc) is 2.77. The SMILES string of the molecule is CCCc1ccc(/C(F)=C(\F)c2ccc(C(F)(F)Oc3cc(F)c(F)c(F)c3)cc2)cc1. The lowest BCUT2D eigenvalue weighted by atomic mass is 10.0. The van der Waals surface area contributed by atoms with E-state index in [-0.39, 0.29) is 23.3 Å². The molecule has 0 radical (unpaired) electrons. The van der Waals surface area contributed by atoms with Gasteiger partial charge in [0.1, 0.15) is 5.75 Å². The molecule has 0 heterocycles. The van der Waals surface area contributed by atoms with Crippen LogP contribution in [-0.2, 0) is 12.5 Å². The first-order chi connectivity index (χ1) is 15.1. The molecule has 0 aliphatic rings. The zero-order valence-corrected chi connectivity index (χ0v) is 16.7. The Hall–Kier alpha value is -3.29. The van der Waals surface area contributed by atoms with Gasteiger partial charge in [-0.25, -0.2) is 22.0 Å². The summed E-state index contributed by atoms with van der Waals surface area (Å²) < 4.78 is 101. The van der Waals surface area contributed by atoms with Crippen molar-refractivity contribution in [2.24, 2.45) is 0 Å². The second-order valence-corrected chi connectivity index (χ2v) is 6.97. The summed E-state index contributed by atoms with van der Waals surface area (Å²) in [6.07, 6.45) is -2.39. The van der Waals surface area contributed by atoms with Crippen molar-refractivity contribution in [3.63, 3.8) is 0 Å². The standard InChI is InChI=1S/C24H17F7O/c1-2-3-14-4-6-15(7-5-14)21(27)22(28)16-8-10-17(11-9-16)24(30,31)32-18-12-19(25)23(29)20(26)13-18/h4-13H,2-3H2,1H3/b22-21+. The van der Waals surface area contributed by atoms with Crippen molar-refractivity contribution in [2.75, 3.05) is 0 Å². The van der Waals surface area contributed by atoms with Crippen molar-refractivity contribution in [3.05, 3.63) is 100 Å². The number of ether oxygens (including phenoxy) is 1. The molecule has 3 aromatic carbocycles. The second-order valence-electron chi connectivity index (χ2n) is 6.97. The third-order valence-corrected chi connectivity index (χ3v) is 4.62. The summed E-state index contributed by atoms with van der Waals surface area (Å²) in [5, 5.41) is 0. The van der Waals surface area contributed by atoms with Crippen LogP contribution in [0.25, 0.3) is 11.7 Å². The van der Waals surface area contributed by atoms with E-state index in [4.69, 9.17) is 0 Å². The van der Waals surface area contributed by atoms with Gasteiger partial charge in [-0.3, -0.25) is 0 Å². The summed E-state index contributed by atoms with van der Waals surface area (Å²) >= 11 is 0. The number of halogens is 7. The Morgan fingerprint density at radius 3 is 1.72 bits per heavy atom. The van der Waals surface area contributed by atoms with Crippen LogP contribution in [0.2, 0.25) is 0 Å². The summed E-state index contributed by atoms with van der Waals surface area (Å²) in [5.41, 5.74) is -0.112. The maximum absolute atomic E-state index is 14.5. The quantitative estimate of drug-likeness (QED) is 0.200. The van der Waals surface area contributed by atoms with E-state index >= 15 is 0 Å². The van der Waals surface area contributed by atoms with E-state index in [1.807, 2.05) is 6.92 Å². The largest absolute Gasteiger partial charge is 0.429 e. The molecule has 0 amide bonds. The lowest BCUT2D eigenvalue weighted by Crippen LogP contribution is -2.22. The molecule has 0 saturated carbocycles. The van der Waals surface area contributed by atoms with E-state index in [0.29, 0.717) is 0 Å². The van der Waals surface area contributed by atoms with Gasteiger partial charge in [-0.05, 0) is 24.1 Å². The van der Waals surface area contributed by atoms with E-state index < -0.39 is 46.5 Å². The Bertz CT molecular complexity index is 1100. The fourth-order valence-corrected chi connectivity index (χ4v) is 2.97. The monoisotopic (exact) mass is 454 g/mol. The fraction of sp³-hybridized carbons (Fsp3) is 0.167. The minimum absolute atomic E-state index is 0.000422. The first kappa shape index (κ1) is 23.4. The fourth-order valence-electron chi connectivity index (χ4n) is 2.97. The van der Waals surface area contributed by atoms with E-state index in [1.54, 1.807) is 12.1 Å². The first-order valence-corrected chi connectivity index (χ1v) is 9.59. The van der Waals surface area contributed by atoms with Crippen LogP contribution >= 0.6 is 0 Å². The van der Waals surface area contributed by atoms with Crippen LogP contribution in [0.3, 0.4) is 0 Å². The Labute approximate surface area is 179 Å². The van der Waals surface area contributed by atoms with Crippen LogP contribution in [0.1, 0.15) is 35.6 Å². The molecule has 0 fully saturated rings. The highest BCUT2D eigenvalue weighted by Crippen LogP contribution is 2.35. The lowest BCUT2D eigenvalue weighted by molar-refractivity contribution is -0.185. The van der Waals surface area contributed by atoms with Gasteiger partial charge in [-0.2, -0.15) is 8.78 Å². The normalized spacial score (nSPS) is 12.5. The Balaban J connectivity index is 1.81. The second kappa shape index (κ2) is 9.46. The van der Waals surface area contributed by atoms with Gasteiger partial charge in [0.15, 0.2) is 29.1 Å². The predicted molar refractivity (Wildman–Crippen MR) is 107 cm³/mol. The number of hydrogen-bond acceptors (Lipinski definition) is 1. The van der Waals surface area contributed by atoms with Crippen LogP contribution < -0.4 is 4.74 Å². The molecule has 32 heavy (non-hydrogen) atoms. The van der Waals surface area contributed by atoms with Crippen molar-refractivity contribution in [1.29, 1.82) is 0 Å². The van der Waals surface area contributed by atoms with Gasteiger partial charge in [-0.15, -0.1) is 0 Å². The van der Waals surface area contributed by atoms with Gasteiger partial charge in [0.2, 0.25) is 0 Å². The van der Waals surface area contributed by atoms with Crippen LogP contribution in [0.5, 0.6) is 5.75 Å². The molecule has 0 aromatic heterocycles. The molecule has 0 aliphatic heterocycles. The molecule has 168 valence electrons. The zero-order chi connectivity index (χ0) is 23.5. The zero-order valence-electron chi connectivity index (χ0n) is 16.7. The molecule has 3 rings (SSSR count). The van der Waals surface area contributed by atoms with E-state index in [0.717, 1.165) is 42.7 Å². The minimum Gasteiger partial charge on any atom is -0.429 e. The number of aryl methyl sites for hydroxylation is 1. The van der Waals surface area contributed by atoms with Crippen LogP contribution in [0.4, 0.5) is 30.7 Å². The van der Waals surface area contributed by atoms with E-state index in [2.05, 4.69) is 4.74 Å². The number of alkyl halides is 2. The summed E-state index contributed by atoms with van der Waals surface area (Å²) in [6.45, 7) is 1.99. The highest BCUT2D eigenvalue weighted by molar-refractivity contribution is 5.83. The van der Waals surface area contributed by atoms with Gasteiger partial charge < -0.3 is 4.74 Å². The van der Waals surface area contributed by atoms with Crippen LogP contribution in [-0.4, -0.2) is 0 Å². The van der Waals surface area contributed by atoms with Gasteiger partial charge in [0.05, 0.1) is 5.56 Å². The molecular formula is C24H17F7O. The third-order valence-electron chi connectivity index (χ3n) is 4.62. The molecule has 0 unspecified atom stereocenters. The number of benzene rings is 3. The Morgan fingerprint density at radius 1 is 0.781 bits per heavy atom.